The molecule has 0 unspecified atom stereocenters. The zero-order chi connectivity index (χ0) is 57.0. The van der Waals surface area contributed by atoms with Gasteiger partial charge in [-0.05, 0) is 112 Å². The maximum absolute atomic E-state index is 14.4. The minimum Gasteiger partial charge on any atom is -0.379 e. The van der Waals surface area contributed by atoms with Crippen molar-refractivity contribution in [2.75, 3.05) is 0 Å². The molecular weight excluding hydrogens is 1020 g/mol. The number of nitriles is 2. The monoisotopic (exact) mass is 1080 g/mol. The maximum atomic E-state index is 14.4. The molecule has 4 aromatic carbocycles. The quantitative estimate of drug-likeness (QED) is 0.0475. The van der Waals surface area contributed by atoms with Gasteiger partial charge in [-0.1, -0.05) is 97.1 Å². The number of rotatable bonds is 20. The van der Waals surface area contributed by atoms with Gasteiger partial charge in [0.2, 0.25) is 11.8 Å². The van der Waals surface area contributed by atoms with Gasteiger partial charge in [-0.25, -0.2) is 26.3 Å². The molecule has 0 aromatic heterocycles. The van der Waals surface area contributed by atoms with E-state index in [1.165, 1.54) is 97.1 Å². The molecule has 2 aliphatic rings. The Kier molecular flexibility index (Phi) is 18.2. The Morgan fingerprint density at radius 1 is 0.500 bits per heavy atom. The van der Waals surface area contributed by atoms with Crippen molar-refractivity contribution < 1.29 is 72.5 Å². The molecule has 2 amide bonds. The molecule has 2 fully saturated rings. The molecule has 0 heterocycles. The first-order valence-corrected chi connectivity index (χ1v) is 23.9. The van der Waals surface area contributed by atoms with E-state index in [4.69, 9.17) is 0 Å². The first-order valence-electron chi connectivity index (χ1n) is 23.9. The van der Waals surface area contributed by atoms with E-state index in [1.807, 2.05) is 12.1 Å². The summed E-state index contributed by atoms with van der Waals surface area (Å²) in [4.78, 5) is 25.6. The predicted molar refractivity (Wildman–Crippen MR) is 257 cm³/mol. The minimum absolute atomic E-state index is 0.0151. The van der Waals surface area contributed by atoms with E-state index in [-0.39, 0.29) is 22.3 Å². The third-order valence-corrected chi connectivity index (χ3v) is 13.0. The topological polar surface area (TPSA) is 170 Å². The van der Waals surface area contributed by atoms with Gasteiger partial charge in [0.15, 0.2) is 0 Å². The molecule has 6 rings (SSSR count). The Hall–Kier alpha value is -6.20. The lowest BCUT2D eigenvalue weighted by Crippen LogP contribution is -2.53. The van der Waals surface area contributed by atoms with Crippen LogP contribution in [0.25, 0.3) is 22.3 Å². The molecule has 6 N–H and O–H groups in total. The van der Waals surface area contributed by atoms with E-state index in [0.717, 1.165) is 41.5 Å². The van der Waals surface area contributed by atoms with E-state index < -0.39 is 108 Å². The smallest absolute Gasteiger partial charge is 0.379 e. The SMILES string of the molecule is CC(C)(F)C[C@H](N[C@@H](c1ccc(-c2ccc([C@@](C)(O)C(F)F)cc2)cc1)C(F)(F)F)C(=O)NC1(C#N)CC1.CC(C)(F)C[C@H](N[C@@H](c1ccc(-c2ccc([C@](C)(O)C(F)F)cc2)cc1)C(F)(F)F)C(=O)NC1(C#N)CC1. The fourth-order valence-corrected chi connectivity index (χ4v) is 8.00. The van der Waals surface area contributed by atoms with Crippen LogP contribution >= 0.6 is 0 Å². The van der Waals surface area contributed by atoms with Crippen LogP contribution in [-0.2, 0) is 20.8 Å². The van der Waals surface area contributed by atoms with E-state index in [2.05, 4.69) is 21.3 Å². The first kappa shape index (κ1) is 60.7. The number of nitrogens with one attached hydrogen (secondary N) is 4. The number of hydrogen-bond acceptors (Lipinski definition) is 8. The molecule has 10 nitrogen and oxygen atoms in total. The highest BCUT2D eigenvalue weighted by atomic mass is 19.4. The highest BCUT2D eigenvalue weighted by molar-refractivity contribution is 5.84. The molecule has 22 heteroatoms. The van der Waals surface area contributed by atoms with Crippen LogP contribution in [0.5, 0.6) is 0 Å². The van der Waals surface area contributed by atoms with Crippen LogP contribution in [-0.4, -0.2) is 81.7 Å². The number of aliphatic hydroxyl groups is 2. The molecular formula is C54H58F12N6O4. The summed E-state index contributed by atoms with van der Waals surface area (Å²) in [6.07, 6.45) is -15.3. The number of carbonyl (C=O) groups excluding carboxylic acids is 2. The van der Waals surface area contributed by atoms with Gasteiger partial charge in [0.1, 0.15) is 45.7 Å². The highest BCUT2D eigenvalue weighted by Crippen LogP contribution is 2.40. The Balaban J connectivity index is 0.000000281. The molecule has 6 atom stereocenters. The lowest BCUT2D eigenvalue weighted by atomic mass is 9.93. The molecule has 0 spiro atoms. The van der Waals surface area contributed by atoms with Crippen molar-refractivity contribution in [3.05, 3.63) is 119 Å². The average Bonchev–Trinajstić information content (AvgIpc) is 4.28. The van der Waals surface area contributed by atoms with Gasteiger partial charge in [-0.3, -0.25) is 20.2 Å². The zero-order valence-corrected chi connectivity index (χ0v) is 42.1. The fourth-order valence-electron chi connectivity index (χ4n) is 8.00. The van der Waals surface area contributed by atoms with Crippen molar-refractivity contribution in [3.63, 3.8) is 0 Å². The second kappa shape index (κ2) is 22.8. The summed E-state index contributed by atoms with van der Waals surface area (Å²) in [6.45, 7) is 6.55. The van der Waals surface area contributed by atoms with E-state index in [1.54, 1.807) is 0 Å². The Morgan fingerprint density at radius 2 is 0.750 bits per heavy atom. The Labute approximate surface area is 431 Å². The summed E-state index contributed by atoms with van der Waals surface area (Å²) in [5.74, 6) is -1.78. The highest BCUT2D eigenvalue weighted by Gasteiger charge is 2.50. The summed E-state index contributed by atoms with van der Waals surface area (Å²) in [6, 6.07) is 17.6. The third kappa shape index (κ3) is 15.9. The molecule has 0 bridgehead atoms. The van der Waals surface area contributed by atoms with E-state index in [9.17, 15) is 83.0 Å². The Morgan fingerprint density at radius 3 is 0.947 bits per heavy atom. The van der Waals surface area contributed by atoms with Crippen LogP contribution in [0.1, 0.15) is 114 Å². The molecule has 0 aliphatic heterocycles. The summed E-state index contributed by atoms with van der Waals surface area (Å²) < 4.78 is 166. The van der Waals surface area contributed by atoms with E-state index in [0.29, 0.717) is 47.9 Å². The van der Waals surface area contributed by atoms with Gasteiger partial charge in [0, 0.05) is 12.8 Å². The van der Waals surface area contributed by atoms with Gasteiger partial charge in [-0.2, -0.15) is 36.9 Å². The molecule has 76 heavy (non-hydrogen) atoms. The number of amides is 2. The van der Waals surface area contributed by atoms with Crippen molar-refractivity contribution in [2.24, 2.45) is 0 Å². The molecule has 2 aliphatic carbocycles. The lowest BCUT2D eigenvalue weighted by molar-refractivity contribution is -0.162. The number of halogens is 12. The van der Waals surface area contributed by atoms with Gasteiger partial charge in [0.05, 0.1) is 24.2 Å². The standard InChI is InChI=1S/2C27H29F6N3O2/c2*1-24(2,30)14-20(22(37)36-26(15-34)12-13-26)35-21(27(31,32)33)18-6-4-16(5-7-18)17-8-10-19(11-9-17)25(3,38)23(28)29/h2*4-11,20-21,23,35,38H,12-14H2,1-3H3,(H,36,37)/t20-,21-,25+;20-,21-,25-/m00/s1. The number of carbonyl (C=O) groups is 2. The minimum atomic E-state index is -4.84. The van der Waals surface area contributed by atoms with Crippen LogP contribution in [0.4, 0.5) is 52.7 Å². The molecule has 0 radical (unpaired) electrons. The van der Waals surface area contributed by atoms with Gasteiger partial charge >= 0.3 is 12.4 Å². The predicted octanol–water partition coefficient (Wildman–Crippen LogP) is 11.4. The lowest BCUT2D eigenvalue weighted by Gasteiger charge is -2.30. The molecule has 4 aromatic rings. The largest absolute Gasteiger partial charge is 0.407 e. The summed E-state index contributed by atoms with van der Waals surface area (Å²) in [5.41, 5.74) is -9.39. The zero-order valence-electron chi connectivity index (χ0n) is 42.1. The summed E-state index contributed by atoms with van der Waals surface area (Å²) in [5, 5.41) is 47.7. The van der Waals surface area contributed by atoms with Crippen molar-refractivity contribution in [1.29, 1.82) is 10.5 Å². The molecule has 0 saturated heterocycles. The first-order chi connectivity index (χ1) is 34.9. The second-order valence-corrected chi connectivity index (χ2v) is 20.9. The van der Waals surface area contributed by atoms with Crippen LogP contribution in [0.15, 0.2) is 97.1 Å². The van der Waals surface area contributed by atoms with Gasteiger partial charge in [-0.15, -0.1) is 0 Å². The normalized spacial score (nSPS) is 18.3. The van der Waals surface area contributed by atoms with Crippen molar-refractivity contribution in [1.82, 2.24) is 21.3 Å². The number of nitrogens with zero attached hydrogens (tertiary/aromatic N) is 2. The van der Waals surface area contributed by atoms with Gasteiger partial charge in [0.25, 0.3) is 12.9 Å². The Bertz CT molecular complexity index is 2510. The van der Waals surface area contributed by atoms with Crippen molar-refractivity contribution in [3.8, 4) is 34.4 Å². The number of benzene rings is 4. The number of hydrogen-bond donors (Lipinski definition) is 6. The van der Waals surface area contributed by atoms with Crippen molar-refractivity contribution in [2.45, 2.75) is 163 Å². The van der Waals surface area contributed by atoms with Crippen LogP contribution in [0.3, 0.4) is 0 Å². The van der Waals surface area contributed by atoms with Crippen LogP contribution in [0.2, 0.25) is 0 Å². The second-order valence-electron chi connectivity index (χ2n) is 20.9. The number of alkyl halides is 12. The maximum Gasteiger partial charge on any atom is 0.407 e. The van der Waals surface area contributed by atoms with Crippen LogP contribution < -0.4 is 21.3 Å². The summed E-state index contributed by atoms with van der Waals surface area (Å²) >= 11 is 0. The average molecular weight is 1080 g/mol. The van der Waals surface area contributed by atoms with Crippen molar-refractivity contribution >= 4 is 11.8 Å². The third-order valence-electron chi connectivity index (χ3n) is 13.0. The molecule has 412 valence electrons. The van der Waals surface area contributed by atoms with Gasteiger partial charge < -0.3 is 20.8 Å². The van der Waals surface area contributed by atoms with E-state index >= 15 is 0 Å². The summed E-state index contributed by atoms with van der Waals surface area (Å²) in [7, 11) is 0. The van der Waals surface area contributed by atoms with Crippen LogP contribution in [0, 0.1) is 22.7 Å². The fraction of sp³-hybridized carbons (Fsp3) is 0.481. The molecule has 2 saturated carbocycles.